The van der Waals surface area contributed by atoms with Gasteiger partial charge >= 0.3 is 0 Å². The predicted octanol–water partition coefficient (Wildman–Crippen LogP) is 2.53. The van der Waals surface area contributed by atoms with Crippen molar-refractivity contribution in [3.8, 4) is 0 Å². The van der Waals surface area contributed by atoms with Crippen LogP contribution in [0.4, 0.5) is 10.1 Å². The highest BCUT2D eigenvalue weighted by Gasteiger charge is 2.28. The molecule has 2 N–H and O–H groups in total. The standard InChI is InChI=1S/C13H21FN2O2S/c1-5-6-16(9(2)3)19(17,18)13-8-11(15)7-12(14)10(13)4/h7-9H,5-6,15H2,1-4H3. The average Bonchev–Trinajstić information content (AvgIpc) is 2.29. The zero-order valence-corrected chi connectivity index (χ0v) is 12.6. The van der Waals surface area contributed by atoms with Crippen LogP contribution < -0.4 is 5.73 Å². The molecule has 19 heavy (non-hydrogen) atoms. The first-order chi connectivity index (χ1) is 8.71. The van der Waals surface area contributed by atoms with E-state index in [0.717, 1.165) is 6.07 Å². The normalized spacial score (nSPS) is 12.4. The Morgan fingerprint density at radius 1 is 1.37 bits per heavy atom. The zero-order chi connectivity index (χ0) is 14.8. The molecule has 0 radical (unpaired) electrons. The average molecular weight is 288 g/mol. The van der Waals surface area contributed by atoms with Crippen molar-refractivity contribution in [3.05, 3.63) is 23.5 Å². The first-order valence-corrected chi connectivity index (χ1v) is 7.73. The molecule has 0 saturated heterocycles. The molecule has 0 amide bonds. The molecule has 0 aliphatic heterocycles. The highest BCUT2D eigenvalue weighted by molar-refractivity contribution is 7.89. The number of hydrogen-bond acceptors (Lipinski definition) is 3. The van der Waals surface area contributed by atoms with Crippen molar-refractivity contribution < 1.29 is 12.8 Å². The van der Waals surface area contributed by atoms with E-state index in [2.05, 4.69) is 0 Å². The quantitative estimate of drug-likeness (QED) is 0.847. The molecule has 108 valence electrons. The number of nitrogens with two attached hydrogens (primary N) is 1. The Morgan fingerprint density at radius 2 is 1.95 bits per heavy atom. The minimum absolute atomic E-state index is 0.0489. The van der Waals surface area contributed by atoms with Crippen molar-refractivity contribution in [2.75, 3.05) is 12.3 Å². The Bertz CT molecular complexity index is 556. The fourth-order valence-corrected chi connectivity index (χ4v) is 3.94. The minimum Gasteiger partial charge on any atom is -0.399 e. The van der Waals surface area contributed by atoms with Gasteiger partial charge in [0.2, 0.25) is 10.0 Å². The maximum absolute atomic E-state index is 13.7. The van der Waals surface area contributed by atoms with E-state index in [9.17, 15) is 12.8 Å². The van der Waals surface area contributed by atoms with Gasteiger partial charge in [0, 0.05) is 23.8 Å². The highest BCUT2D eigenvalue weighted by atomic mass is 32.2. The summed E-state index contributed by atoms with van der Waals surface area (Å²) in [6.45, 7) is 7.34. The molecule has 0 fully saturated rings. The van der Waals surface area contributed by atoms with Gasteiger partial charge in [-0.2, -0.15) is 4.31 Å². The van der Waals surface area contributed by atoms with E-state index in [-0.39, 0.29) is 22.2 Å². The molecule has 0 aromatic heterocycles. The topological polar surface area (TPSA) is 63.4 Å². The van der Waals surface area contributed by atoms with Crippen LogP contribution in [0.25, 0.3) is 0 Å². The van der Waals surface area contributed by atoms with Gasteiger partial charge in [0.05, 0.1) is 4.90 Å². The minimum atomic E-state index is -3.72. The molecular formula is C13H21FN2O2S. The third-order valence-corrected chi connectivity index (χ3v) is 5.13. The molecule has 1 aromatic rings. The van der Waals surface area contributed by atoms with Gasteiger partial charge in [0.1, 0.15) is 5.82 Å². The molecule has 0 heterocycles. The summed E-state index contributed by atoms with van der Waals surface area (Å²) in [5.41, 5.74) is 5.77. The number of nitrogens with zero attached hydrogens (tertiary/aromatic N) is 1. The predicted molar refractivity (Wildman–Crippen MR) is 74.9 cm³/mol. The second kappa shape index (κ2) is 5.88. The molecule has 0 atom stereocenters. The van der Waals surface area contributed by atoms with Crippen molar-refractivity contribution in [1.29, 1.82) is 0 Å². The van der Waals surface area contributed by atoms with Crippen LogP contribution in [0.15, 0.2) is 17.0 Å². The van der Waals surface area contributed by atoms with Crippen molar-refractivity contribution in [3.63, 3.8) is 0 Å². The third kappa shape index (κ3) is 3.25. The Labute approximate surface area is 114 Å². The molecule has 0 aliphatic rings. The number of anilines is 1. The van der Waals surface area contributed by atoms with E-state index >= 15 is 0 Å². The number of sulfonamides is 1. The lowest BCUT2D eigenvalue weighted by Crippen LogP contribution is -2.38. The summed E-state index contributed by atoms with van der Waals surface area (Å²) >= 11 is 0. The number of benzene rings is 1. The van der Waals surface area contributed by atoms with Gasteiger partial charge in [-0.3, -0.25) is 0 Å². The summed E-state index contributed by atoms with van der Waals surface area (Å²) in [7, 11) is -3.72. The van der Waals surface area contributed by atoms with Crippen LogP contribution in [-0.4, -0.2) is 25.3 Å². The lowest BCUT2D eigenvalue weighted by atomic mass is 10.2. The van der Waals surface area contributed by atoms with E-state index in [1.165, 1.54) is 17.3 Å². The summed E-state index contributed by atoms with van der Waals surface area (Å²) in [4.78, 5) is -0.0489. The van der Waals surface area contributed by atoms with Gasteiger partial charge < -0.3 is 5.73 Å². The molecule has 0 saturated carbocycles. The highest BCUT2D eigenvalue weighted by Crippen LogP contribution is 2.26. The lowest BCUT2D eigenvalue weighted by molar-refractivity contribution is 0.353. The Kier molecular flexibility index (Phi) is 4.92. The SMILES string of the molecule is CCCN(C(C)C)S(=O)(=O)c1cc(N)cc(F)c1C. The Hall–Kier alpha value is -1.14. The van der Waals surface area contributed by atoms with Gasteiger partial charge in [-0.15, -0.1) is 0 Å². The summed E-state index contributed by atoms with van der Waals surface area (Å²) in [6, 6.07) is 2.26. The van der Waals surface area contributed by atoms with E-state index in [4.69, 9.17) is 5.73 Å². The summed E-state index contributed by atoms with van der Waals surface area (Å²) < 4.78 is 40.2. The summed E-state index contributed by atoms with van der Waals surface area (Å²) in [6.07, 6.45) is 0.696. The molecular weight excluding hydrogens is 267 g/mol. The van der Waals surface area contributed by atoms with Crippen LogP contribution in [0.3, 0.4) is 0 Å². The largest absolute Gasteiger partial charge is 0.399 e. The fourth-order valence-electron chi connectivity index (χ4n) is 1.94. The van der Waals surface area contributed by atoms with E-state index in [1.807, 2.05) is 6.92 Å². The summed E-state index contributed by atoms with van der Waals surface area (Å²) in [5, 5.41) is 0. The molecule has 6 heteroatoms. The molecule has 1 rings (SSSR count). The molecule has 1 aromatic carbocycles. The molecule has 4 nitrogen and oxygen atoms in total. The lowest BCUT2D eigenvalue weighted by Gasteiger charge is -2.26. The molecule has 0 unspecified atom stereocenters. The molecule has 0 aliphatic carbocycles. The maximum atomic E-state index is 13.7. The van der Waals surface area contributed by atoms with Gasteiger partial charge in [0.25, 0.3) is 0 Å². The van der Waals surface area contributed by atoms with Crippen LogP contribution in [-0.2, 0) is 10.0 Å². The summed E-state index contributed by atoms with van der Waals surface area (Å²) in [5.74, 6) is -0.598. The Morgan fingerprint density at radius 3 is 2.42 bits per heavy atom. The zero-order valence-electron chi connectivity index (χ0n) is 11.8. The first kappa shape index (κ1) is 15.9. The van der Waals surface area contributed by atoms with Gasteiger partial charge in [-0.1, -0.05) is 6.92 Å². The van der Waals surface area contributed by atoms with Crippen molar-refractivity contribution in [2.24, 2.45) is 0 Å². The van der Waals surface area contributed by atoms with E-state index in [1.54, 1.807) is 13.8 Å². The molecule has 0 spiro atoms. The number of rotatable bonds is 5. The van der Waals surface area contributed by atoms with E-state index in [0.29, 0.717) is 13.0 Å². The van der Waals surface area contributed by atoms with Crippen molar-refractivity contribution in [1.82, 2.24) is 4.31 Å². The van der Waals surface area contributed by atoms with Crippen molar-refractivity contribution in [2.45, 2.75) is 45.1 Å². The number of nitrogen functional groups attached to an aromatic ring is 1. The monoisotopic (exact) mass is 288 g/mol. The van der Waals surface area contributed by atoms with Crippen LogP contribution in [0.1, 0.15) is 32.8 Å². The second-order valence-electron chi connectivity index (χ2n) is 4.84. The third-order valence-electron chi connectivity index (χ3n) is 2.93. The Balaban J connectivity index is 3.41. The van der Waals surface area contributed by atoms with Crippen LogP contribution in [0, 0.1) is 12.7 Å². The fraction of sp³-hybridized carbons (Fsp3) is 0.538. The van der Waals surface area contributed by atoms with Crippen LogP contribution in [0.2, 0.25) is 0 Å². The molecule has 0 bridgehead atoms. The maximum Gasteiger partial charge on any atom is 0.243 e. The van der Waals surface area contributed by atoms with Crippen LogP contribution >= 0.6 is 0 Å². The van der Waals surface area contributed by atoms with Crippen LogP contribution in [0.5, 0.6) is 0 Å². The smallest absolute Gasteiger partial charge is 0.243 e. The van der Waals surface area contributed by atoms with E-state index < -0.39 is 15.8 Å². The number of halogens is 1. The number of hydrogen-bond donors (Lipinski definition) is 1. The van der Waals surface area contributed by atoms with Crippen molar-refractivity contribution >= 4 is 15.7 Å². The van der Waals surface area contributed by atoms with Gasteiger partial charge in [-0.25, -0.2) is 12.8 Å². The second-order valence-corrected chi connectivity index (χ2v) is 6.69. The first-order valence-electron chi connectivity index (χ1n) is 6.29. The van der Waals surface area contributed by atoms with Gasteiger partial charge in [-0.05, 0) is 39.3 Å². The van der Waals surface area contributed by atoms with Gasteiger partial charge in [0.15, 0.2) is 0 Å².